The predicted octanol–water partition coefficient (Wildman–Crippen LogP) is 1.20. The lowest BCUT2D eigenvalue weighted by molar-refractivity contribution is 0.152. The third kappa shape index (κ3) is 4.99. The number of rotatable bonds is 7. The Kier molecular flexibility index (Phi) is 7.16. The summed E-state index contributed by atoms with van der Waals surface area (Å²) in [4.78, 5) is 13.8. The molecule has 5 heteroatoms. The van der Waals surface area contributed by atoms with Crippen molar-refractivity contribution in [1.82, 2.24) is 10.2 Å². The van der Waals surface area contributed by atoms with E-state index in [4.69, 9.17) is 0 Å². The van der Waals surface area contributed by atoms with E-state index in [1.165, 1.54) is 12.8 Å². The summed E-state index contributed by atoms with van der Waals surface area (Å²) in [5.74, 6) is 0.0114. The normalized spacial score (nSPS) is 24.5. The van der Waals surface area contributed by atoms with Crippen molar-refractivity contribution in [1.29, 1.82) is 0 Å². The first-order valence-corrected chi connectivity index (χ1v) is 7.39. The summed E-state index contributed by atoms with van der Waals surface area (Å²) in [6.07, 6.45) is 4.52. The molecule has 19 heavy (non-hydrogen) atoms. The first kappa shape index (κ1) is 16.2. The van der Waals surface area contributed by atoms with Crippen LogP contribution in [0.25, 0.3) is 0 Å². The van der Waals surface area contributed by atoms with Gasteiger partial charge in [-0.05, 0) is 13.3 Å². The first-order valence-electron chi connectivity index (χ1n) is 7.39. The summed E-state index contributed by atoms with van der Waals surface area (Å²) in [5, 5.41) is 21.4. The van der Waals surface area contributed by atoms with Gasteiger partial charge in [0.2, 0.25) is 0 Å². The summed E-state index contributed by atoms with van der Waals surface area (Å²) in [7, 11) is 0. The zero-order valence-electron chi connectivity index (χ0n) is 12.1. The van der Waals surface area contributed by atoms with Gasteiger partial charge >= 0.3 is 6.03 Å². The Bertz CT molecular complexity index is 261. The molecule has 2 amide bonds. The average molecular weight is 272 g/mol. The largest absolute Gasteiger partial charge is 0.396 e. The third-order valence-electron chi connectivity index (χ3n) is 3.94. The quantitative estimate of drug-likeness (QED) is 0.610. The van der Waals surface area contributed by atoms with Crippen LogP contribution in [0.5, 0.6) is 0 Å². The van der Waals surface area contributed by atoms with Crippen molar-refractivity contribution in [2.75, 3.05) is 26.3 Å². The molecule has 0 saturated carbocycles. The van der Waals surface area contributed by atoms with E-state index in [0.717, 1.165) is 12.8 Å². The predicted molar refractivity (Wildman–Crippen MR) is 74.9 cm³/mol. The maximum Gasteiger partial charge on any atom is 0.317 e. The number of likely N-dealkylation sites (tertiary alicyclic amines) is 1. The molecular weight excluding hydrogens is 244 g/mol. The maximum atomic E-state index is 12.1. The minimum Gasteiger partial charge on any atom is -0.396 e. The van der Waals surface area contributed by atoms with E-state index >= 15 is 0 Å². The smallest absolute Gasteiger partial charge is 0.317 e. The van der Waals surface area contributed by atoms with Crippen LogP contribution in [-0.2, 0) is 0 Å². The van der Waals surface area contributed by atoms with Gasteiger partial charge in [-0.25, -0.2) is 4.79 Å². The van der Waals surface area contributed by atoms with Crippen molar-refractivity contribution >= 4 is 6.03 Å². The number of nitrogens with zero attached hydrogens (tertiary/aromatic N) is 1. The molecule has 1 saturated heterocycles. The second-order valence-corrected chi connectivity index (χ2v) is 5.64. The van der Waals surface area contributed by atoms with Crippen LogP contribution in [0.4, 0.5) is 4.79 Å². The lowest BCUT2D eigenvalue weighted by Crippen LogP contribution is -2.43. The Balaban J connectivity index is 2.33. The van der Waals surface area contributed by atoms with Gasteiger partial charge in [-0.3, -0.25) is 0 Å². The molecule has 5 nitrogen and oxygen atoms in total. The molecular formula is C14H28N2O3. The maximum absolute atomic E-state index is 12.1. The van der Waals surface area contributed by atoms with Crippen LogP contribution in [0.2, 0.25) is 0 Å². The zero-order valence-corrected chi connectivity index (χ0v) is 12.1. The molecule has 1 aliphatic heterocycles. The summed E-state index contributed by atoms with van der Waals surface area (Å²) < 4.78 is 0. The third-order valence-corrected chi connectivity index (χ3v) is 3.94. The van der Waals surface area contributed by atoms with Crippen molar-refractivity contribution in [3.05, 3.63) is 0 Å². The van der Waals surface area contributed by atoms with E-state index in [0.29, 0.717) is 13.1 Å². The number of nitrogens with one attached hydrogen (secondary N) is 1. The van der Waals surface area contributed by atoms with E-state index in [-0.39, 0.29) is 37.1 Å². The average Bonchev–Trinajstić information content (AvgIpc) is 2.82. The van der Waals surface area contributed by atoms with Crippen molar-refractivity contribution < 1.29 is 15.0 Å². The Morgan fingerprint density at radius 3 is 2.32 bits per heavy atom. The second-order valence-electron chi connectivity index (χ2n) is 5.64. The topological polar surface area (TPSA) is 72.8 Å². The zero-order chi connectivity index (χ0) is 14.3. The van der Waals surface area contributed by atoms with Crippen LogP contribution < -0.4 is 5.32 Å². The molecule has 1 rings (SSSR count). The van der Waals surface area contributed by atoms with Crippen LogP contribution in [-0.4, -0.2) is 53.5 Å². The number of carbonyl (C=O) groups is 1. The highest BCUT2D eigenvalue weighted by atomic mass is 16.3. The van der Waals surface area contributed by atoms with Gasteiger partial charge in [0, 0.05) is 44.2 Å². The minimum atomic E-state index is -0.0709. The molecule has 3 atom stereocenters. The standard InChI is InChI=1S/C14H28N2O3/c1-3-4-5-6-11(2)15-14(19)16-7-12(9-17)13(8-16)10-18/h11-13,17-18H,3-10H2,1-2H3,(H,15,19)/t11?,12-,13-/m0/s1. The summed E-state index contributed by atoms with van der Waals surface area (Å²) in [5.41, 5.74) is 0. The molecule has 1 heterocycles. The Labute approximate surface area is 116 Å². The molecule has 0 aromatic heterocycles. The van der Waals surface area contributed by atoms with E-state index in [1.54, 1.807) is 4.90 Å². The Morgan fingerprint density at radius 1 is 1.26 bits per heavy atom. The van der Waals surface area contributed by atoms with Crippen molar-refractivity contribution in [3.63, 3.8) is 0 Å². The molecule has 0 aromatic carbocycles. The van der Waals surface area contributed by atoms with E-state index in [1.807, 2.05) is 6.92 Å². The van der Waals surface area contributed by atoms with E-state index < -0.39 is 0 Å². The van der Waals surface area contributed by atoms with Crippen LogP contribution in [0.15, 0.2) is 0 Å². The molecule has 1 unspecified atom stereocenters. The van der Waals surface area contributed by atoms with Crippen molar-refractivity contribution in [2.45, 2.75) is 45.6 Å². The highest BCUT2D eigenvalue weighted by molar-refractivity contribution is 5.74. The number of amides is 2. The lowest BCUT2D eigenvalue weighted by atomic mass is 9.98. The fourth-order valence-electron chi connectivity index (χ4n) is 2.59. The minimum absolute atomic E-state index is 0.00569. The molecule has 0 aromatic rings. The molecule has 112 valence electrons. The van der Waals surface area contributed by atoms with Gasteiger partial charge in [0.1, 0.15) is 0 Å². The first-order chi connectivity index (χ1) is 9.12. The number of urea groups is 1. The number of carbonyl (C=O) groups excluding carboxylic acids is 1. The van der Waals surface area contributed by atoms with Gasteiger partial charge in [0.25, 0.3) is 0 Å². The second kappa shape index (κ2) is 8.38. The Hall–Kier alpha value is -0.810. The van der Waals surface area contributed by atoms with Gasteiger partial charge < -0.3 is 20.4 Å². The molecule has 1 aliphatic rings. The van der Waals surface area contributed by atoms with E-state index in [9.17, 15) is 15.0 Å². The number of hydrogen-bond acceptors (Lipinski definition) is 3. The van der Waals surface area contributed by atoms with Gasteiger partial charge in [-0.2, -0.15) is 0 Å². The lowest BCUT2D eigenvalue weighted by Gasteiger charge is -2.21. The SMILES string of the molecule is CCCCCC(C)NC(=O)N1C[C@@H](CO)[C@H](CO)C1. The van der Waals surface area contributed by atoms with Crippen LogP contribution in [0.1, 0.15) is 39.5 Å². The summed E-state index contributed by atoms with van der Waals surface area (Å²) >= 11 is 0. The van der Waals surface area contributed by atoms with Crippen molar-refractivity contribution in [2.24, 2.45) is 11.8 Å². The van der Waals surface area contributed by atoms with Crippen LogP contribution in [0, 0.1) is 11.8 Å². The number of aliphatic hydroxyl groups excluding tert-OH is 2. The molecule has 0 bridgehead atoms. The van der Waals surface area contributed by atoms with Gasteiger partial charge in [0.15, 0.2) is 0 Å². The van der Waals surface area contributed by atoms with Gasteiger partial charge in [0.05, 0.1) is 0 Å². The molecule has 0 radical (unpaired) electrons. The number of aliphatic hydroxyl groups is 2. The monoisotopic (exact) mass is 272 g/mol. The molecule has 3 N–H and O–H groups in total. The fourth-order valence-corrected chi connectivity index (χ4v) is 2.59. The highest BCUT2D eigenvalue weighted by Crippen LogP contribution is 2.22. The number of hydrogen-bond donors (Lipinski definition) is 3. The summed E-state index contributed by atoms with van der Waals surface area (Å²) in [6.45, 7) is 5.32. The molecule has 0 aliphatic carbocycles. The van der Waals surface area contributed by atoms with E-state index in [2.05, 4.69) is 12.2 Å². The number of unbranched alkanes of at least 4 members (excludes halogenated alkanes) is 2. The fraction of sp³-hybridized carbons (Fsp3) is 0.929. The van der Waals surface area contributed by atoms with Gasteiger partial charge in [-0.15, -0.1) is 0 Å². The Morgan fingerprint density at radius 2 is 1.84 bits per heavy atom. The van der Waals surface area contributed by atoms with Crippen LogP contribution >= 0.6 is 0 Å². The van der Waals surface area contributed by atoms with Gasteiger partial charge in [-0.1, -0.05) is 26.2 Å². The highest BCUT2D eigenvalue weighted by Gasteiger charge is 2.34. The van der Waals surface area contributed by atoms with Crippen molar-refractivity contribution in [3.8, 4) is 0 Å². The summed E-state index contributed by atoms with van der Waals surface area (Å²) in [6, 6.07) is 0.109. The molecule has 1 fully saturated rings. The van der Waals surface area contributed by atoms with Crippen LogP contribution in [0.3, 0.4) is 0 Å². The molecule has 0 spiro atoms.